The van der Waals surface area contributed by atoms with Crippen LogP contribution in [0.4, 0.5) is 18.9 Å². The molecule has 2 aromatic rings. The number of carbonyl (C=O) groups excluding carboxylic acids is 1. The van der Waals surface area contributed by atoms with Crippen molar-refractivity contribution in [2.45, 2.75) is 31.5 Å². The van der Waals surface area contributed by atoms with Crippen molar-refractivity contribution in [3.63, 3.8) is 0 Å². The summed E-state index contributed by atoms with van der Waals surface area (Å²) in [4.78, 5) is 24.8. The third kappa shape index (κ3) is 5.15. The topological polar surface area (TPSA) is 106 Å². The molecular weight excluding hydrogens is 439 g/mol. The fourth-order valence-corrected chi connectivity index (χ4v) is 4.45. The second-order valence-electron chi connectivity index (χ2n) is 7.39. The van der Waals surface area contributed by atoms with Crippen molar-refractivity contribution in [2.24, 2.45) is 7.05 Å². The van der Waals surface area contributed by atoms with Crippen molar-refractivity contribution in [3.05, 3.63) is 46.1 Å². The van der Waals surface area contributed by atoms with Gasteiger partial charge >= 0.3 is 11.9 Å². The molecule has 31 heavy (non-hydrogen) atoms. The molecular formula is C18H22F3N5O4S. The number of aromatic nitrogens is 3. The molecule has 1 aromatic carbocycles. The van der Waals surface area contributed by atoms with E-state index in [1.807, 2.05) is 0 Å². The zero-order valence-corrected chi connectivity index (χ0v) is 17.7. The Morgan fingerprint density at radius 2 is 1.84 bits per heavy atom. The van der Waals surface area contributed by atoms with Gasteiger partial charge in [0.05, 0.1) is 17.5 Å². The van der Waals surface area contributed by atoms with E-state index < -0.39 is 45.6 Å². The molecule has 1 aromatic heterocycles. The molecule has 1 N–H and O–H groups in total. The molecule has 0 unspecified atom stereocenters. The van der Waals surface area contributed by atoms with Crippen LogP contribution in [0.25, 0.3) is 0 Å². The van der Waals surface area contributed by atoms with E-state index in [1.54, 1.807) is 0 Å². The third-order valence-corrected chi connectivity index (χ3v) is 6.47. The molecule has 1 saturated heterocycles. The maximum absolute atomic E-state index is 13.1. The SMILES string of the molecule is Cn1c(C2CCN(S(C)(=O)=O)CC2)nn(CC(=O)Nc2ccccc2C(F)(F)F)c1=O. The minimum absolute atomic E-state index is 0.175. The van der Waals surface area contributed by atoms with Gasteiger partial charge in [0.25, 0.3) is 0 Å². The third-order valence-electron chi connectivity index (χ3n) is 5.16. The van der Waals surface area contributed by atoms with Gasteiger partial charge in [-0.3, -0.25) is 9.36 Å². The second kappa shape index (κ2) is 8.46. The molecule has 0 aliphatic carbocycles. The fourth-order valence-electron chi connectivity index (χ4n) is 3.57. The number of nitrogens with one attached hydrogen (secondary N) is 1. The summed E-state index contributed by atoms with van der Waals surface area (Å²) in [5, 5.41) is 6.37. The summed E-state index contributed by atoms with van der Waals surface area (Å²) in [5.41, 5.74) is -1.98. The van der Waals surface area contributed by atoms with Gasteiger partial charge in [0, 0.05) is 26.1 Å². The molecule has 1 amide bonds. The van der Waals surface area contributed by atoms with Crippen LogP contribution >= 0.6 is 0 Å². The summed E-state index contributed by atoms with van der Waals surface area (Å²) < 4.78 is 66.1. The molecule has 0 saturated carbocycles. The van der Waals surface area contributed by atoms with E-state index in [0.717, 1.165) is 23.1 Å². The Hall–Kier alpha value is -2.67. The Morgan fingerprint density at radius 1 is 1.23 bits per heavy atom. The molecule has 0 bridgehead atoms. The smallest absolute Gasteiger partial charge is 0.324 e. The highest BCUT2D eigenvalue weighted by atomic mass is 32.2. The lowest BCUT2D eigenvalue weighted by molar-refractivity contribution is -0.137. The van der Waals surface area contributed by atoms with Gasteiger partial charge in [-0.15, -0.1) is 0 Å². The van der Waals surface area contributed by atoms with Crippen LogP contribution in [0.3, 0.4) is 0 Å². The lowest BCUT2D eigenvalue weighted by Gasteiger charge is -2.29. The Morgan fingerprint density at radius 3 is 2.42 bits per heavy atom. The molecule has 0 atom stereocenters. The number of rotatable bonds is 5. The van der Waals surface area contributed by atoms with Gasteiger partial charge in [0.15, 0.2) is 0 Å². The predicted octanol–water partition coefficient (Wildman–Crippen LogP) is 1.38. The van der Waals surface area contributed by atoms with Crippen LogP contribution in [-0.2, 0) is 34.6 Å². The number of halogens is 3. The van der Waals surface area contributed by atoms with Gasteiger partial charge in [0.1, 0.15) is 12.4 Å². The minimum Gasteiger partial charge on any atom is -0.324 e. The van der Waals surface area contributed by atoms with Crippen LogP contribution in [0.2, 0.25) is 0 Å². The molecule has 2 heterocycles. The Bertz CT molecular complexity index is 1130. The van der Waals surface area contributed by atoms with Crippen molar-refractivity contribution in [1.82, 2.24) is 18.7 Å². The van der Waals surface area contributed by atoms with Gasteiger partial charge in [-0.25, -0.2) is 22.2 Å². The largest absolute Gasteiger partial charge is 0.418 e. The summed E-state index contributed by atoms with van der Waals surface area (Å²) >= 11 is 0. The molecule has 1 fully saturated rings. The Balaban J connectivity index is 1.73. The van der Waals surface area contributed by atoms with Crippen LogP contribution in [0.5, 0.6) is 0 Å². The number of hydrogen-bond donors (Lipinski definition) is 1. The number of para-hydroxylation sites is 1. The maximum atomic E-state index is 13.1. The molecule has 1 aliphatic heterocycles. The van der Waals surface area contributed by atoms with E-state index in [2.05, 4.69) is 10.4 Å². The zero-order chi connectivity index (χ0) is 23.0. The molecule has 0 spiro atoms. The van der Waals surface area contributed by atoms with E-state index in [0.29, 0.717) is 31.8 Å². The average Bonchev–Trinajstić information content (AvgIpc) is 2.95. The standard InChI is InChI=1S/C18H22F3N5O4S/c1-24-16(12-7-9-25(10-8-12)31(2,29)30)23-26(17(24)28)11-15(27)22-14-6-4-3-5-13(14)18(19,20)21/h3-6,12H,7-11H2,1-2H3,(H,22,27). The highest BCUT2D eigenvalue weighted by Gasteiger charge is 2.34. The average molecular weight is 461 g/mol. The highest BCUT2D eigenvalue weighted by molar-refractivity contribution is 7.88. The Labute approximate surface area is 176 Å². The number of anilines is 1. The van der Waals surface area contributed by atoms with E-state index >= 15 is 0 Å². The van der Waals surface area contributed by atoms with E-state index in [1.165, 1.54) is 28.1 Å². The number of alkyl halides is 3. The van der Waals surface area contributed by atoms with Gasteiger partial charge in [-0.1, -0.05) is 12.1 Å². The molecule has 3 rings (SSSR count). The second-order valence-corrected chi connectivity index (χ2v) is 9.37. The first-order chi connectivity index (χ1) is 14.4. The van der Waals surface area contributed by atoms with Gasteiger partial charge in [-0.2, -0.15) is 18.3 Å². The van der Waals surface area contributed by atoms with Crippen molar-refractivity contribution in [1.29, 1.82) is 0 Å². The van der Waals surface area contributed by atoms with Crippen molar-refractivity contribution < 1.29 is 26.4 Å². The first kappa shape index (κ1) is 23.0. The van der Waals surface area contributed by atoms with Crippen molar-refractivity contribution in [3.8, 4) is 0 Å². The summed E-state index contributed by atoms with van der Waals surface area (Å²) in [7, 11) is -1.81. The first-order valence-electron chi connectivity index (χ1n) is 9.43. The molecule has 170 valence electrons. The van der Waals surface area contributed by atoms with Crippen molar-refractivity contribution >= 4 is 21.6 Å². The molecule has 9 nitrogen and oxygen atoms in total. The zero-order valence-electron chi connectivity index (χ0n) is 16.9. The minimum atomic E-state index is -4.64. The van der Waals surface area contributed by atoms with Crippen LogP contribution in [-0.4, -0.2) is 52.3 Å². The molecule has 1 aliphatic rings. The maximum Gasteiger partial charge on any atom is 0.418 e. The number of piperidine rings is 1. The van der Waals surface area contributed by atoms with E-state index in [-0.39, 0.29) is 5.92 Å². The van der Waals surface area contributed by atoms with E-state index in [4.69, 9.17) is 0 Å². The number of carbonyl (C=O) groups is 1. The van der Waals surface area contributed by atoms with Gasteiger partial charge < -0.3 is 5.32 Å². The molecule has 13 heteroatoms. The predicted molar refractivity (Wildman–Crippen MR) is 106 cm³/mol. The van der Waals surface area contributed by atoms with Crippen LogP contribution < -0.4 is 11.0 Å². The van der Waals surface area contributed by atoms with Gasteiger partial charge in [0.2, 0.25) is 15.9 Å². The number of amides is 1. The van der Waals surface area contributed by atoms with Crippen molar-refractivity contribution in [2.75, 3.05) is 24.7 Å². The number of benzene rings is 1. The summed E-state index contributed by atoms with van der Waals surface area (Å²) in [6, 6.07) is 4.55. The van der Waals surface area contributed by atoms with Gasteiger partial charge in [-0.05, 0) is 25.0 Å². The first-order valence-corrected chi connectivity index (χ1v) is 11.3. The highest BCUT2D eigenvalue weighted by Crippen LogP contribution is 2.34. The monoisotopic (exact) mass is 461 g/mol. The molecule has 0 radical (unpaired) electrons. The Kier molecular flexibility index (Phi) is 6.28. The number of nitrogens with zero attached hydrogens (tertiary/aromatic N) is 4. The number of sulfonamides is 1. The normalized spacial score (nSPS) is 16.4. The fraction of sp³-hybridized carbons (Fsp3) is 0.500. The van der Waals surface area contributed by atoms with Crippen LogP contribution in [0, 0.1) is 0 Å². The number of hydrogen-bond acceptors (Lipinski definition) is 5. The quantitative estimate of drug-likeness (QED) is 0.724. The lowest BCUT2D eigenvalue weighted by atomic mass is 9.97. The summed E-state index contributed by atoms with van der Waals surface area (Å²) in [6.45, 7) is 0.0274. The lowest BCUT2D eigenvalue weighted by Crippen LogP contribution is -2.37. The summed E-state index contributed by atoms with van der Waals surface area (Å²) in [5.74, 6) is -0.594. The summed E-state index contributed by atoms with van der Waals surface area (Å²) in [6.07, 6.45) is -2.59. The van der Waals surface area contributed by atoms with Crippen LogP contribution in [0.15, 0.2) is 29.1 Å². The van der Waals surface area contributed by atoms with Crippen LogP contribution in [0.1, 0.15) is 30.1 Å². The van der Waals surface area contributed by atoms with E-state index in [9.17, 15) is 31.2 Å².